The Balaban J connectivity index is 1.58. The number of carbonyl (C=O) groups excluding carboxylic acids is 1. The Morgan fingerprint density at radius 3 is 2.14 bits per heavy atom. The lowest BCUT2D eigenvalue weighted by molar-refractivity contribution is -0.116. The first-order chi connectivity index (χ1) is 16.9. The highest BCUT2D eigenvalue weighted by Gasteiger charge is 2.19. The molecule has 192 valence electrons. The summed E-state index contributed by atoms with van der Waals surface area (Å²) >= 11 is 17.8. The van der Waals surface area contributed by atoms with Gasteiger partial charge in [0.2, 0.25) is 15.9 Å². The fourth-order valence-corrected chi connectivity index (χ4v) is 5.77. The van der Waals surface area contributed by atoms with Gasteiger partial charge in [-0.1, -0.05) is 40.9 Å². The van der Waals surface area contributed by atoms with E-state index < -0.39 is 20.0 Å². The molecule has 0 spiro atoms. The van der Waals surface area contributed by atoms with Gasteiger partial charge in [-0.3, -0.25) is 13.8 Å². The standard InChI is InChI=1S/C23H22Cl3N3O5S2/c1-35(31,32)29(18-11-7-16(24)8-12-18)15-3-6-22(30)27-17-9-13-19(14-10-17)36(33,34)28-21-5-2-4-20(25)23(21)26/h2,4-5,7-14,28H,3,6,15H2,1H3,(H,27,30). The van der Waals surface area contributed by atoms with E-state index in [1.54, 1.807) is 30.3 Å². The number of halogens is 3. The van der Waals surface area contributed by atoms with Gasteiger partial charge < -0.3 is 5.32 Å². The van der Waals surface area contributed by atoms with Gasteiger partial charge in [-0.2, -0.15) is 0 Å². The average Bonchev–Trinajstić information content (AvgIpc) is 2.80. The van der Waals surface area contributed by atoms with Crippen LogP contribution in [0.15, 0.2) is 71.6 Å². The Labute approximate surface area is 225 Å². The molecular weight excluding hydrogens is 569 g/mol. The fourth-order valence-electron chi connectivity index (χ4n) is 3.20. The molecule has 0 heterocycles. The van der Waals surface area contributed by atoms with Crippen molar-refractivity contribution in [3.8, 4) is 0 Å². The van der Waals surface area contributed by atoms with Crippen LogP contribution in [0.5, 0.6) is 0 Å². The third kappa shape index (κ3) is 7.50. The van der Waals surface area contributed by atoms with Gasteiger partial charge in [0.05, 0.1) is 32.6 Å². The number of rotatable bonds is 10. The summed E-state index contributed by atoms with van der Waals surface area (Å²) in [6.45, 7) is 0.1000. The first-order valence-electron chi connectivity index (χ1n) is 10.5. The van der Waals surface area contributed by atoms with Crippen molar-refractivity contribution in [1.29, 1.82) is 0 Å². The summed E-state index contributed by atoms with van der Waals surface area (Å²) < 4.78 is 53.2. The SMILES string of the molecule is CS(=O)(=O)N(CCCC(=O)Nc1ccc(S(=O)(=O)Nc2cccc(Cl)c2Cl)cc1)c1ccc(Cl)cc1. The van der Waals surface area contributed by atoms with Crippen LogP contribution in [0.25, 0.3) is 0 Å². The molecule has 0 radical (unpaired) electrons. The lowest BCUT2D eigenvalue weighted by Crippen LogP contribution is -2.31. The Hall–Kier alpha value is -2.50. The summed E-state index contributed by atoms with van der Waals surface area (Å²) in [6, 6.07) is 16.5. The number of nitrogens with one attached hydrogen (secondary N) is 2. The predicted molar refractivity (Wildman–Crippen MR) is 145 cm³/mol. The number of sulfonamides is 2. The molecule has 0 bridgehead atoms. The van der Waals surface area contributed by atoms with Gasteiger partial charge in [0, 0.05) is 23.7 Å². The molecule has 36 heavy (non-hydrogen) atoms. The summed E-state index contributed by atoms with van der Waals surface area (Å²) in [7, 11) is -7.50. The van der Waals surface area contributed by atoms with Crippen molar-refractivity contribution in [1.82, 2.24) is 0 Å². The largest absolute Gasteiger partial charge is 0.326 e. The maximum absolute atomic E-state index is 12.7. The van der Waals surface area contributed by atoms with Crippen molar-refractivity contribution in [3.05, 3.63) is 81.8 Å². The van der Waals surface area contributed by atoms with Crippen LogP contribution in [0, 0.1) is 0 Å². The summed E-state index contributed by atoms with van der Waals surface area (Å²) in [5, 5.41) is 3.44. The van der Waals surface area contributed by atoms with Crippen LogP contribution in [-0.2, 0) is 24.8 Å². The van der Waals surface area contributed by atoms with Crippen LogP contribution >= 0.6 is 34.8 Å². The van der Waals surface area contributed by atoms with E-state index in [0.29, 0.717) is 16.4 Å². The molecule has 0 unspecified atom stereocenters. The van der Waals surface area contributed by atoms with Gasteiger partial charge in [0.1, 0.15) is 0 Å². The van der Waals surface area contributed by atoms with Crippen molar-refractivity contribution in [2.75, 3.05) is 27.1 Å². The summed E-state index contributed by atoms with van der Waals surface area (Å²) in [6.07, 6.45) is 1.40. The second kappa shape index (κ2) is 11.7. The highest BCUT2D eigenvalue weighted by molar-refractivity contribution is 7.92. The molecule has 2 N–H and O–H groups in total. The van der Waals surface area contributed by atoms with E-state index in [-0.39, 0.29) is 45.9 Å². The third-order valence-electron chi connectivity index (χ3n) is 4.92. The van der Waals surface area contributed by atoms with E-state index in [4.69, 9.17) is 34.8 Å². The summed E-state index contributed by atoms with van der Waals surface area (Å²) in [5.74, 6) is -0.348. The van der Waals surface area contributed by atoms with Gasteiger partial charge in [0.25, 0.3) is 10.0 Å². The first kappa shape index (κ1) is 28.1. The molecule has 0 fully saturated rings. The van der Waals surface area contributed by atoms with E-state index in [9.17, 15) is 21.6 Å². The van der Waals surface area contributed by atoms with E-state index in [1.165, 1.54) is 40.7 Å². The zero-order chi connectivity index (χ0) is 26.5. The normalized spacial score (nSPS) is 11.7. The van der Waals surface area contributed by atoms with Crippen molar-refractivity contribution in [3.63, 3.8) is 0 Å². The lowest BCUT2D eigenvalue weighted by atomic mass is 10.2. The minimum atomic E-state index is -3.94. The molecular formula is C23H22Cl3N3O5S2. The molecule has 0 aromatic heterocycles. The van der Waals surface area contributed by atoms with Crippen LogP contribution in [0.3, 0.4) is 0 Å². The lowest BCUT2D eigenvalue weighted by Gasteiger charge is -2.22. The number of hydrogen-bond donors (Lipinski definition) is 2. The molecule has 0 atom stereocenters. The van der Waals surface area contributed by atoms with Gasteiger partial charge >= 0.3 is 0 Å². The molecule has 1 amide bonds. The van der Waals surface area contributed by atoms with Crippen molar-refractivity contribution < 1.29 is 21.6 Å². The zero-order valence-corrected chi connectivity index (χ0v) is 22.8. The molecule has 0 aliphatic carbocycles. The monoisotopic (exact) mass is 589 g/mol. The quantitative estimate of drug-likeness (QED) is 0.318. The van der Waals surface area contributed by atoms with Crippen LogP contribution in [0.2, 0.25) is 15.1 Å². The minimum Gasteiger partial charge on any atom is -0.326 e. The molecule has 0 aliphatic rings. The van der Waals surface area contributed by atoms with Crippen LogP contribution in [0.1, 0.15) is 12.8 Å². The Morgan fingerprint density at radius 1 is 0.889 bits per heavy atom. The van der Waals surface area contributed by atoms with Gasteiger partial charge in [0.15, 0.2) is 0 Å². The number of carbonyl (C=O) groups is 1. The number of amides is 1. The Kier molecular flexibility index (Phi) is 9.13. The van der Waals surface area contributed by atoms with E-state index in [2.05, 4.69) is 10.0 Å². The highest BCUT2D eigenvalue weighted by atomic mass is 35.5. The molecule has 0 saturated carbocycles. The Bertz CT molecular complexity index is 1450. The maximum Gasteiger partial charge on any atom is 0.261 e. The molecule has 3 rings (SSSR count). The second-order valence-corrected chi connectivity index (χ2v) is 12.5. The highest BCUT2D eigenvalue weighted by Crippen LogP contribution is 2.31. The predicted octanol–water partition coefficient (Wildman–Crippen LogP) is 5.63. The van der Waals surface area contributed by atoms with Crippen molar-refractivity contribution in [2.45, 2.75) is 17.7 Å². The molecule has 3 aromatic carbocycles. The van der Waals surface area contributed by atoms with Gasteiger partial charge in [-0.15, -0.1) is 0 Å². The zero-order valence-electron chi connectivity index (χ0n) is 18.9. The smallest absolute Gasteiger partial charge is 0.261 e. The second-order valence-electron chi connectivity index (χ2n) is 7.69. The van der Waals surface area contributed by atoms with E-state index in [0.717, 1.165) is 6.26 Å². The summed E-state index contributed by atoms with van der Waals surface area (Å²) in [5.41, 5.74) is 0.979. The van der Waals surface area contributed by atoms with E-state index in [1.807, 2.05) is 0 Å². The molecule has 13 heteroatoms. The van der Waals surface area contributed by atoms with Gasteiger partial charge in [-0.05, 0) is 67.1 Å². The number of hydrogen-bond acceptors (Lipinski definition) is 5. The van der Waals surface area contributed by atoms with Crippen LogP contribution in [-0.4, -0.2) is 35.5 Å². The fraction of sp³-hybridized carbons (Fsp3) is 0.174. The molecule has 0 aliphatic heterocycles. The number of anilines is 3. The van der Waals surface area contributed by atoms with Gasteiger partial charge in [-0.25, -0.2) is 16.8 Å². The summed E-state index contributed by atoms with van der Waals surface area (Å²) in [4.78, 5) is 12.3. The number of benzene rings is 3. The van der Waals surface area contributed by atoms with Crippen molar-refractivity contribution >= 4 is 77.8 Å². The van der Waals surface area contributed by atoms with Crippen molar-refractivity contribution in [2.24, 2.45) is 0 Å². The molecule has 8 nitrogen and oxygen atoms in total. The topological polar surface area (TPSA) is 113 Å². The third-order valence-corrected chi connectivity index (χ3v) is 8.57. The first-order valence-corrected chi connectivity index (χ1v) is 14.9. The van der Waals surface area contributed by atoms with E-state index >= 15 is 0 Å². The minimum absolute atomic E-state index is 0.0386. The average molecular weight is 591 g/mol. The number of nitrogens with zero attached hydrogens (tertiary/aromatic N) is 1. The maximum atomic E-state index is 12.7. The molecule has 3 aromatic rings. The van der Waals surface area contributed by atoms with Crippen LogP contribution < -0.4 is 14.3 Å². The van der Waals surface area contributed by atoms with Crippen LogP contribution in [0.4, 0.5) is 17.1 Å². The molecule has 0 saturated heterocycles. The Morgan fingerprint density at radius 2 is 1.53 bits per heavy atom.